The van der Waals surface area contributed by atoms with Gasteiger partial charge in [0.25, 0.3) is 5.91 Å². The number of amides is 1. The topological polar surface area (TPSA) is 66.9 Å². The van der Waals surface area contributed by atoms with Crippen molar-refractivity contribution in [1.29, 1.82) is 0 Å². The van der Waals surface area contributed by atoms with Crippen LogP contribution in [-0.4, -0.2) is 15.9 Å². The summed E-state index contributed by atoms with van der Waals surface area (Å²) < 4.78 is 0.948. The van der Waals surface area contributed by atoms with Crippen LogP contribution in [0.1, 0.15) is 21.7 Å². The number of rotatable bonds is 5. The number of pyridine rings is 2. The van der Waals surface area contributed by atoms with Gasteiger partial charge in [-0.1, -0.05) is 28.1 Å². The van der Waals surface area contributed by atoms with E-state index in [0.29, 0.717) is 12.2 Å². The third-order valence-electron chi connectivity index (χ3n) is 3.62. The molecule has 0 aliphatic heterocycles. The van der Waals surface area contributed by atoms with Gasteiger partial charge in [0.05, 0.1) is 12.2 Å². The highest BCUT2D eigenvalue weighted by atomic mass is 79.9. The van der Waals surface area contributed by atoms with Crippen LogP contribution in [0.5, 0.6) is 0 Å². The summed E-state index contributed by atoms with van der Waals surface area (Å²) in [6.07, 6.45) is 3.36. The lowest BCUT2D eigenvalue weighted by atomic mass is 10.2. The molecule has 0 aliphatic rings. The molecular weight excluding hydrogens is 380 g/mol. The van der Waals surface area contributed by atoms with Gasteiger partial charge in [0, 0.05) is 28.2 Å². The number of halogens is 1. The van der Waals surface area contributed by atoms with E-state index in [9.17, 15) is 4.79 Å². The van der Waals surface area contributed by atoms with E-state index in [1.165, 1.54) is 0 Å². The second kappa shape index (κ2) is 7.90. The van der Waals surface area contributed by atoms with E-state index in [4.69, 9.17) is 0 Å². The van der Waals surface area contributed by atoms with Crippen LogP contribution in [0, 0.1) is 6.92 Å². The highest BCUT2D eigenvalue weighted by Gasteiger charge is 2.09. The molecule has 0 aliphatic carbocycles. The molecule has 0 spiro atoms. The van der Waals surface area contributed by atoms with Crippen LogP contribution in [0.15, 0.2) is 65.4 Å². The van der Waals surface area contributed by atoms with Crippen molar-refractivity contribution < 1.29 is 4.79 Å². The van der Waals surface area contributed by atoms with E-state index < -0.39 is 0 Å². The lowest BCUT2D eigenvalue weighted by Crippen LogP contribution is -2.14. The number of anilines is 2. The average Bonchev–Trinajstić information content (AvgIpc) is 2.64. The van der Waals surface area contributed by atoms with Gasteiger partial charge in [0.15, 0.2) is 0 Å². The van der Waals surface area contributed by atoms with Crippen LogP contribution in [0.2, 0.25) is 0 Å². The molecule has 3 rings (SSSR count). The zero-order valence-corrected chi connectivity index (χ0v) is 15.2. The maximum absolute atomic E-state index is 12.4. The lowest BCUT2D eigenvalue weighted by Gasteiger charge is -2.09. The molecule has 126 valence electrons. The Morgan fingerprint density at radius 1 is 1.04 bits per heavy atom. The van der Waals surface area contributed by atoms with E-state index in [0.717, 1.165) is 27.1 Å². The molecule has 0 unspecified atom stereocenters. The molecular formula is C19H17BrN4O. The molecule has 0 bridgehead atoms. The van der Waals surface area contributed by atoms with Crippen LogP contribution < -0.4 is 10.6 Å². The summed E-state index contributed by atoms with van der Waals surface area (Å²) in [5.74, 6) is -0.253. The van der Waals surface area contributed by atoms with Crippen LogP contribution in [0.25, 0.3) is 0 Å². The first-order valence-corrected chi connectivity index (χ1v) is 8.58. The van der Waals surface area contributed by atoms with E-state index >= 15 is 0 Å². The lowest BCUT2D eigenvalue weighted by molar-refractivity contribution is 0.102. The predicted molar refractivity (Wildman–Crippen MR) is 103 cm³/mol. The van der Waals surface area contributed by atoms with Crippen molar-refractivity contribution in [2.24, 2.45) is 0 Å². The van der Waals surface area contributed by atoms with E-state index in [-0.39, 0.29) is 5.91 Å². The average molecular weight is 397 g/mol. The fraction of sp³-hybridized carbons (Fsp3) is 0.105. The van der Waals surface area contributed by atoms with Crippen LogP contribution in [0.4, 0.5) is 11.4 Å². The first-order chi connectivity index (χ1) is 12.1. The summed E-state index contributed by atoms with van der Waals surface area (Å²) in [5.41, 5.74) is 3.92. The van der Waals surface area contributed by atoms with Gasteiger partial charge >= 0.3 is 0 Å². The number of carbonyl (C=O) groups is 1. The highest BCUT2D eigenvalue weighted by molar-refractivity contribution is 9.10. The molecule has 3 aromatic rings. The Morgan fingerprint density at radius 2 is 1.92 bits per heavy atom. The normalized spacial score (nSPS) is 10.3. The van der Waals surface area contributed by atoms with Crippen LogP contribution in [0.3, 0.4) is 0 Å². The van der Waals surface area contributed by atoms with Crippen LogP contribution >= 0.6 is 15.9 Å². The molecule has 0 saturated heterocycles. The van der Waals surface area contributed by atoms with Gasteiger partial charge in [0.2, 0.25) is 0 Å². The summed E-state index contributed by atoms with van der Waals surface area (Å²) >= 11 is 3.46. The maximum atomic E-state index is 12.4. The monoisotopic (exact) mass is 396 g/mol. The summed E-state index contributed by atoms with van der Waals surface area (Å²) in [4.78, 5) is 20.8. The zero-order chi connectivity index (χ0) is 17.6. The number of hydrogen-bond donors (Lipinski definition) is 2. The van der Waals surface area contributed by atoms with Crippen molar-refractivity contribution in [1.82, 2.24) is 9.97 Å². The number of aromatic nitrogens is 2. The van der Waals surface area contributed by atoms with Gasteiger partial charge in [-0.15, -0.1) is 0 Å². The van der Waals surface area contributed by atoms with Gasteiger partial charge in [0.1, 0.15) is 5.69 Å². The second-order valence-corrected chi connectivity index (χ2v) is 6.38. The largest absolute Gasteiger partial charge is 0.379 e. The number of benzene rings is 1. The first-order valence-electron chi connectivity index (χ1n) is 7.79. The third kappa shape index (κ3) is 4.64. The molecule has 5 nitrogen and oxygen atoms in total. The molecule has 0 atom stereocenters. The molecule has 2 N–H and O–H groups in total. The SMILES string of the molecule is Cc1ccc(NC(=O)c2cc(NCc3ccccn3)ccn2)cc1Br. The molecule has 0 saturated carbocycles. The second-order valence-electron chi connectivity index (χ2n) is 5.52. The van der Waals surface area contributed by atoms with E-state index in [1.807, 2.05) is 49.4 Å². The quantitative estimate of drug-likeness (QED) is 0.669. The summed E-state index contributed by atoms with van der Waals surface area (Å²) in [7, 11) is 0. The van der Waals surface area contributed by atoms with E-state index in [1.54, 1.807) is 18.5 Å². The number of hydrogen-bond acceptors (Lipinski definition) is 4. The molecule has 0 fully saturated rings. The minimum Gasteiger partial charge on any atom is -0.379 e. The minimum atomic E-state index is -0.253. The Morgan fingerprint density at radius 3 is 2.68 bits per heavy atom. The highest BCUT2D eigenvalue weighted by Crippen LogP contribution is 2.21. The van der Waals surface area contributed by atoms with Crippen molar-refractivity contribution >= 4 is 33.2 Å². The molecule has 2 aromatic heterocycles. The Hall–Kier alpha value is -2.73. The van der Waals surface area contributed by atoms with Gasteiger partial charge in [-0.3, -0.25) is 14.8 Å². The molecule has 6 heteroatoms. The van der Waals surface area contributed by atoms with Crippen molar-refractivity contribution in [3.8, 4) is 0 Å². The predicted octanol–water partition coefficient (Wildman–Crippen LogP) is 4.41. The summed E-state index contributed by atoms with van der Waals surface area (Å²) in [6, 6.07) is 15.0. The summed E-state index contributed by atoms with van der Waals surface area (Å²) in [6.45, 7) is 2.57. The van der Waals surface area contributed by atoms with Crippen LogP contribution in [-0.2, 0) is 6.54 Å². The Labute approximate surface area is 154 Å². The maximum Gasteiger partial charge on any atom is 0.274 e. The van der Waals surface area contributed by atoms with Crippen molar-refractivity contribution in [2.45, 2.75) is 13.5 Å². The van der Waals surface area contributed by atoms with Gasteiger partial charge in [-0.2, -0.15) is 0 Å². The molecule has 2 heterocycles. The first kappa shape index (κ1) is 17.1. The number of nitrogens with zero attached hydrogens (tertiary/aromatic N) is 2. The Kier molecular flexibility index (Phi) is 5.40. The summed E-state index contributed by atoms with van der Waals surface area (Å²) in [5, 5.41) is 6.10. The fourth-order valence-corrected chi connectivity index (χ4v) is 2.60. The molecule has 0 radical (unpaired) electrons. The van der Waals surface area contributed by atoms with Gasteiger partial charge in [-0.05, 0) is 48.9 Å². The van der Waals surface area contributed by atoms with Crippen molar-refractivity contribution in [3.05, 3.63) is 82.3 Å². The van der Waals surface area contributed by atoms with Crippen molar-refractivity contribution in [2.75, 3.05) is 10.6 Å². The molecule has 1 amide bonds. The minimum absolute atomic E-state index is 0.253. The Balaban J connectivity index is 1.67. The fourth-order valence-electron chi connectivity index (χ4n) is 2.23. The van der Waals surface area contributed by atoms with Gasteiger partial charge in [-0.25, -0.2) is 0 Å². The third-order valence-corrected chi connectivity index (χ3v) is 4.48. The number of carbonyl (C=O) groups excluding carboxylic acids is 1. The standard InChI is InChI=1S/C19H17BrN4O/c1-13-5-6-15(10-17(13)20)24-19(25)18-11-14(7-9-22-18)23-12-16-4-2-3-8-21-16/h2-11H,12H2,1H3,(H,22,23)(H,24,25). The molecule has 25 heavy (non-hydrogen) atoms. The molecule has 1 aromatic carbocycles. The zero-order valence-electron chi connectivity index (χ0n) is 13.7. The van der Waals surface area contributed by atoms with E-state index in [2.05, 4.69) is 36.5 Å². The number of aryl methyl sites for hydroxylation is 1. The number of nitrogens with one attached hydrogen (secondary N) is 2. The Bertz CT molecular complexity index is 884. The smallest absolute Gasteiger partial charge is 0.274 e. The van der Waals surface area contributed by atoms with Crippen molar-refractivity contribution in [3.63, 3.8) is 0 Å². The van der Waals surface area contributed by atoms with Gasteiger partial charge < -0.3 is 10.6 Å².